The number of nitrogens with two attached hydrogens (primary N) is 1. The number of aromatic nitrogens is 5. The van der Waals surface area contributed by atoms with Crippen molar-refractivity contribution in [3.8, 4) is 22.6 Å². The van der Waals surface area contributed by atoms with E-state index >= 15 is 4.39 Å². The molecule has 0 fully saturated rings. The fourth-order valence-corrected chi connectivity index (χ4v) is 4.49. The van der Waals surface area contributed by atoms with Crippen LogP contribution in [0.4, 0.5) is 10.1 Å². The van der Waals surface area contributed by atoms with Gasteiger partial charge in [-0.05, 0) is 36.6 Å². The molecule has 0 amide bonds. The zero-order valence-electron chi connectivity index (χ0n) is 17.2. The van der Waals surface area contributed by atoms with Crippen LogP contribution < -0.4 is 5.73 Å². The van der Waals surface area contributed by atoms with Gasteiger partial charge < -0.3 is 10.7 Å². The Bertz CT molecular complexity index is 1480. The Balaban J connectivity index is 1.66. The van der Waals surface area contributed by atoms with Crippen LogP contribution in [-0.2, 0) is 0 Å². The summed E-state index contributed by atoms with van der Waals surface area (Å²) in [6, 6.07) is 9.20. The Labute approximate surface area is 187 Å². The van der Waals surface area contributed by atoms with E-state index in [1.54, 1.807) is 41.8 Å². The number of aryl methyl sites for hydroxylation is 1. The fourth-order valence-electron chi connectivity index (χ4n) is 3.73. The van der Waals surface area contributed by atoms with Crippen LogP contribution in [0.5, 0.6) is 0 Å². The highest BCUT2D eigenvalue weighted by atomic mass is 32.1. The van der Waals surface area contributed by atoms with E-state index in [-0.39, 0.29) is 0 Å². The third kappa shape index (κ3) is 3.30. The number of halogens is 1. The van der Waals surface area contributed by atoms with E-state index in [0.717, 1.165) is 21.8 Å². The van der Waals surface area contributed by atoms with Crippen molar-refractivity contribution in [1.29, 1.82) is 0 Å². The summed E-state index contributed by atoms with van der Waals surface area (Å²) in [5.41, 5.74) is 10.9. The van der Waals surface area contributed by atoms with Crippen molar-refractivity contribution in [2.24, 2.45) is 0 Å². The van der Waals surface area contributed by atoms with Gasteiger partial charge in [0, 0.05) is 39.7 Å². The van der Waals surface area contributed by atoms with E-state index in [4.69, 9.17) is 10.7 Å². The molecule has 4 N–H and O–H groups in total. The molecule has 0 aliphatic rings. The third-order valence-corrected chi connectivity index (χ3v) is 6.08. The van der Waals surface area contributed by atoms with E-state index in [9.17, 15) is 0 Å². The molecule has 6 nitrogen and oxygen atoms in total. The molecule has 8 heteroatoms. The number of hydrogen-bond acceptors (Lipinski definition) is 5. The quantitative estimate of drug-likeness (QED) is 0.303. The normalized spacial score (nSPS) is 11.9. The highest BCUT2D eigenvalue weighted by molar-refractivity contribution is 7.11. The van der Waals surface area contributed by atoms with E-state index in [1.165, 1.54) is 6.20 Å². The number of H-pyrrole nitrogens is 2. The first kappa shape index (κ1) is 19.9. The summed E-state index contributed by atoms with van der Waals surface area (Å²) in [6.45, 7) is 5.76. The number of benzene rings is 1. The number of rotatable bonds is 5. The highest BCUT2D eigenvalue weighted by Gasteiger charge is 2.21. The second-order valence-electron chi connectivity index (χ2n) is 7.28. The third-order valence-electron chi connectivity index (χ3n) is 5.17. The number of nitrogens with one attached hydrogen (secondary N) is 2. The lowest BCUT2D eigenvalue weighted by Gasteiger charge is -2.05. The number of pyridine rings is 1. The van der Waals surface area contributed by atoms with Crippen molar-refractivity contribution in [2.75, 3.05) is 5.73 Å². The average molecular weight is 443 g/mol. The number of hydrogen-bond donors (Lipinski definition) is 3. The van der Waals surface area contributed by atoms with Crippen molar-refractivity contribution >= 4 is 33.5 Å². The molecule has 0 bridgehead atoms. The lowest BCUT2D eigenvalue weighted by Crippen LogP contribution is -1.92. The van der Waals surface area contributed by atoms with Crippen molar-refractivity contribution < 1.29 is 4.39 Å². The summed E-state index contributed by atoms with van der Waals surface area (Å²) in [4.78, 5) is 13.2. The maximum absolute atomic E-state index is 15.7. The molecule has 0 saturated heterocycles. The first-order valence-corrected chi connectivity index (χ1v) is 10.8. The largest absolute Gasteiger partial charge is 0.397 e. The smallest absolute Gasteiger partial charge is 0.159 e. The summed E-state index contributed by atoms with van der Waals surface area (Å²) in [6.07, 6.45) is 6.77. The van der Waals surface area contributed by atoms with Crippen LogP contribution in [-0.4, -0.2) is 25.1 Å². The van der Waals surface area contributed by atoms with Crippen molar-refractivity contribution in [2.45, 2.75) is 6.92 Å². The van der Waals surface area contributed by atoms with Crippen LogP contribution in [0.25, 0.3) is 39.1 Å². The maximum atomic E-state index is 15.7. The molecule has 5 aromatic rings. The van der Waals surface area contributed by atoms with Gasteiger partial charge in [-0.25, -0.2) is 9.37 Å². The summed E-state index contributed by atoms with van der Waals surface area (Å²) in [5, 5.41) is 9.64. The van der Waals surface area contributed by atoms with E-state index in [0.29, 0.717) is 39.2 Å². The molecule has 32 heavy (non-hydrogen) atoms. The summed E-state index contributed by atoms with van der Waals surface area (Å²) < 4.78 is 15.7. The minimum Gasteiger partial charge on any atom is -0.397 e. The van der Waals surface area contributed by atoms with Gasteiger partial charge in [0.25, 0.3) is 0 Å². The molecular weight excluding hydrogens is 423 g/mol. The van der Waals surface area contributed by atoms with Crippen molar-refractivity contribution in [3.63, 3.8) is 0 Å². The standard InChI is InChI=1S/C24H19FN6S/c1-3-5-17(19-6-4-9-32-19)22-13(2)28-24(29-22)23-20-18(30-31-23)8-7-16(21(20)25)14-10-15(26)12-27-11-14/h3-12H,1,26H2,2H3,(H,28,29)(H,30,31)/b17-5-. The number of nitrogens with zero attached hydrogens (tertiary/aromatic N) is 3. The molecule has 4 heterocycles. The number of allylic oxidation sites excluding steroid dienone is 2. The monoisotopic (exact) mass is 442 g/mol. The molecule has 1 aromatic carbocycles. The predicted octanol–water partition coefficient (Wildman–Crippen LogP) is 5.72. The number of imidazole rings is 1. The average Bonchev–Trinajstić information content (AvgIpc) is 3.52. The highest BCUT2D eigenvalue weighted by Crippen LogP contribution is 2.35. The van der Waals surface area contributed by atoms with Gasteiger partial charge in [-0.2, -0.15) is 5.10 Å². The lowest BCUT2D eigenvalue weighted by molar-refractivity contribution is 0.643. The van der Waals surface area contributed by atoms with E-state index < -0.39 is 5.82 Å². The fraction of sp³-hybridized carbons (Fsp3) is 0.0417. The Morgan fingerprint density at radius 2 is 2.12 bits per heavy atom. The Morgan fingerprint density at radius 1 is 1.25 bits per heavy atom. The van der Waals surface area contributed by atoms with E-state index in [2.05, 4.69) is 26.7 Å². The zero-order chi connectivity index (χ0) is 22.2. The van der Waals surface area contributed by atoms with Crippen molar-refractivity contribution in [1.82, 2.24) is 25.1 Å². The molecule has 4 aromatic heterocycles. The summed E-state index contributed by atoms with van der Waals surface area (Å²) in [5.74, 6) is 0.0754. The molecule has 0 aliphatic carbocycles. The van der Waals surface area contributed by atoms with Gasteiger partial charge in [0.15, 0.2) is 5.82 Å². The number of nitrogen functional groups attached to an aromatic ring is 1. The molecule has 0 radical (unpaired) electrons. The Morgan fingerprint density at radius 3 is 2.88 bits per heavy atom. The molecule has 0 unspecified atom stereocenters. The molecule has 0 aliphatic heterocycles. The van der Waals surface area contributed by atoms with Gasteiger partial charge in [-0.15, -0.1) is 11.3 Å². The predicted molar refractivity (Wildman–Crippen MR) is 128 cm³/mol. The van der Waals surface area contributed by atoms with Crippen LogP contribution >= 0.6 is 11.3 Å². The molecular formula is C24H19FN6S. The van der Waals surface area contributed by atoms with Crippen LogP contribution in [0.2, 0.25) is 0 Å². The molecule has 0 saturated carbocycles. The van der Waals surface area contributed by atoms with Gasteiger partial charge in [0.2, 0.25) is 0 Å². The topological polar surface area (TPSA) is 96.3 Å². The molecule has 0 atom stereocenters. The van der Waals surface area contributed by atoms with E-state index in [1.807, 2.05) is 30.5 Å². The van der Waals surface area contributed by atoms with Crippen LogP contribution in [0.1, 0.15) is 16.3 Å². The molecule has 158 valence electrons. The van der Waals surface area contributed by atoms with Crippen LogP contribution in [0.15, 0.2) is 66.8 Å². The minimum atomic E-state index is -0.408. The van der Waals surface area contributed by atoms with Crippen LogP contribution in [0.3, 0.4) is 0 Å². The van der Waals surface area contributed by atoms with Crippen LogP contribution in [0, 0.1) is 12.7 Å². The number of thiophene rings is 1. The molecule has 5 rings (SSSR count). The zero-order valence-corrected chi connectivity index (χ0v) is 18.0. The Kier molecular flexibility index (Phi) is 4.91. The summed E-state index contributed by atoms with van der Waals surface area (Å²) in [7, 11) is 0. The Hall–Kier alpha value is -4.04. The summed E-state index contributed by atoms with van der Waals surface area (Å²) >= 11 is 1.62. The van der Waals surface area contributed by atoms with Gasteiger partial charge in [0.1, 0.15) is 11.5 Å². The van der Waals surface area contributed by atoms with Gasteiger partial charge >= 0.3 is 0 Å². The van der Waals surface area contributed by atoms with Gasteiger partial charge in [0.05, 0.1) is 22.3 Å². The van der Waals surface area contributed by atoms with Crippen molar-refractivity contribution in [3.05, 3.63) is 88.9 Å². The second-order valence-corrected chi connectivity index (χ2v) is 8.23. The number of aromatic amines is 2. The minimum absolute atomic E-state index is 0.357. The number of anilines is 1. The maximum Gasteiger partial charge on any atom is 0.159 e. The molecule has 0 spiro atoms. The van der Waals surface area contributed by atoms with Gasteiger partial charge in [-0.1, -0.05) is 24.8 Å². The second kappa shape index (κ2) is 7.90. The SMILES string of the molecule is C=C/C=C(/c1cccs1)c1nc(-c2n[nH]c3ccc(-c4cncc(N)c4)c(F)c23)[nH]c1C. The lowest BCUT2D eigenvalue weighted by atomic mass is 10.0. The first-order valence-electron chi connectivity index (χ1n) is 9.88. The van der Waals surface area contributed by atoms with Gasteiger partial charge in [-0.3, -0.25) is 10.1 Å². The number of fused-ring (bicyclic) bond motifs is 1. The first-order chi connectivity index (χ1) is 15.6.